The number of nitrogens with one attached hydrogen (secondary N) is 2. The molecule has 3 aromatic rings. The summed E-state index contributed by atoms with van der Waals surface area (Å²) in [5.41, 5.74) is 13.3. The number of aromatic hydroxyl groups is 1. The molecule has 3 saturated carbocycles. The highest BCUT2D eigenvalue weighted by Crippen LogP contribution is 2.66. The lowest BCUT2D eigenvalue weighted by Gasteiger charge is -2.56. The molecule has 1 amide bonds. The largest absolute Gasteiger partial charge is 0.508 e. The van der Waals surface area contributed by atoms with Crippen LogP contribution in [0.5, 0.6) is 5.75 Å². The lowest BCUT2D eigenvalue weighted by Crippen LogP contribution is -2.59. The minimum Gasteiger partial charge on any atom is -0.508 e. The van der Waals surface area contributed by atoms with Crippen molar-refractivity contribution in [3.8, 4) is 5.75 Å². The number of amides is 1. The molecule has 0 radical (unpaired) electrons. The van der Waals surface area contributed by atoms with E-state index in [2.05, 4.69) is 43.2 Å². The maximum atomic E-state index is 15.1. The van der Waals surface area contributed by atoms with E-state index < -0.39 is 59.5 Å². The smallest absolute Gasteiger partial charge is 0.243 e. The van der Waals surface area contributed by atoms with E-state index in [1.165, 1.54) is 5.57 Å². The van der Waals surface area contributed by atoms with Crippen molar-refractivity contribution in [2.75, 3.05) is 6.54 Å². The van der Waals surface area contributed by atoms with Gasteiger partial charge in [-0.05, 0) is 179 Å². The van der Waals surface area contributed by atoms with E-state index in [0.717, 1.165) is 59.1 Å². The van der Waals surface area contributed by atoms with E-state index in [4.69, 9.17) is 5.73 Å². The SMILES string of the molecule is C=C(C=CC=C1C(O)CCCC2CC3(C4CCC(O)Cc5cccc(c5)CC(Cc5ccc(O)cc5)C(O)CNC5C(=O)NC(N)c6cccc(c65)CC(=O)C(C)=C4CCC3(C)O)C(O)C12)CCC=C(C)C. The summed E-state index contributed by atoms with van der Waals surface area (Å²) < 4.78 is 0. The number of phenolic OH excluding ortho intramolecular Hbond substituents is 1. The van der Waals surface area contributed by atoms with Gasteiger partial charge < -0.3 is 41.7 Å². The van der Waals surface area contributed by atoms with Gasteiger partial charge in [0.2, 0.25) is 5.91 Å². The summed E-state index contributed by atoms with van der Waals surface area (Å²) in [5, 5.41) is 78.3. The number of fused-ring (bicyclic) bond motifs is 5. The summed E-state index contributed by atoms with van der Waals surface area (Å²) in [6.07, 6.45) is 10.8. The Labute approximate surface area is 426 Å². The van der Waals surface area contributed by atoms with E-state index in [9.17, 15) is 35.4 Å². The molecule has 3 aliphatic carbocycles. The van der Waals surface area contributed by atoms with Gasteiger partial charge in [-0.3, -0.25) is 14.9 Å². The topological polar surface area (TPSA) is 206 Å². The van der Waals surface area contributed by atoms with Crippen molar-refractivity contribution in [3.05, 3.63) is 159 Å². The van der Waals surface area contributed by atoms with Crippen LogP contribution in [0.15, 0.2) is 125 Å². The van der Waals surface area contributed by atoms with Crippen molar-refractivity contribution in [1.82, 2.24) is 10.6 Å². The van der Waals surface area contributed by atoms with Gasteiger partial charge in [0.15, 0.2) is 5.78 Å². The number of carbonyl (C=O) groups is 2. The minimum absolute atomic E-state index is 0.0328. The van der Waals surface area contributed by atoms with Gasteiger partial charge in [0.1, 0.15) is 18.0 Å². The third-order valence-electron chi connectivity index (χ3n) is 17.3. The Morgan fingerprint density at radius 1 is 0.944 bits per heavy atom. The summed E-state index contributed by atoms with van der Waals surface area (Å²) in [5.74, 6) is -1.63. The number of nitrogens with two attached hydrogens (primary N) is 1. The predicted molar refractivity (Wildman–Crippen MR) is 282 cm³/mol. The fraction of sp³-hybridized carbons (Fsp3) is 0.508. The van der Waals surface area contributed by atoms with Crippen LogP contribution < -0.4 is 16.4 Å². The Kier molecular flexibility index (Phi) is 16.8. The average molecular weight is 982 g/mol. The molecule has 12 unspecified atom stereocenters. The summed E-state index contributed by atoms with van der Waals surface area (Å²) in [6, 6.07) is 19.7. The number of allylic oxidation sites excluding steroid dienone is 8. The first-order valence-corrected chi connectivity index (χ1v) is 26.5. The van der Waals surface area contributed by atoms with Crippen molar-refractivity contribution < 1.29 is 40.2 Å². The molecule has 1 spiro atoms. The molecule has 11 nitrogen and oxygen atoms in total. The van der Waals surface area contributed by atoms with Crippen LogP contribution in [-0.4, -0.2) is 78.9 Å². The van der Waals surface area contributed by atoms with Gasteiger partial charge in [-0.25, -0.2) is 0 Å². The highest BCUT2D eigenvalue weighted by molar-refractivity contribution is 5.98. The molecule has 2 aliphatic heterocycles. The van der Waals surface area contributed by atoms with Gasteiger partial charge >= 0.3 is 0 Å². The Hall–Kier alpha value is -4.98. The molecule has 5 aliphatic rings. The second kappa shape index (κ2) is 22.6. The van der Waals surface area contributed by atoms with Crippen molar-refractivity contribution in [2.45, 2.75) is 160 Å². The number of hydrogen-bond acceptors (Lipinski definition) is 10. The molecule has 12 atom stereocenters. The van der Waals surface area contributed by atoms with E-state index in [1.54, 1.807) is 12.1 Å². The van der Waals surface area contributed by atoms with Crippen LogP contribution in [0, 0.1) is 29.1 Å². The molecule has 3 aromatic carbocycles. The fourth-order valence-corrected chi connectivity index (χ4v) is 13.5. The number of aliphatic hydroxyl groups excluding tert-OH is 4. The number of benzene rings is 3. The normalized spacial score (nSPS) is 33.2. The van der Waals surface area contributed by atoms with Gasteiger partial charge in [0, 0.05) is 24.3 Å². The zero-order chi connectivity index (χ0) is 51.5. The fourth-order valence-electron chi connectivity index (χ4n) is 13.5. The first-order valence-electron chi connectivity index (χ1n) is 26.5. The van der Waals surface area contributed by atoms with Gasteiger partial charge in [-0.2, -0.15) is 0 Å². The molecule has 0 saturated heterocycles. The molecule has 386 valence electrons. The van der Waals surface area contributed by atoms with Crippen LogP contribution in [0.25, 0.3) is 0 Å². The number of Topliss-reactive ketones (excluding diaryl/α,β-unsaturated/α-hetero) is 1. The minimum atomic E-state index is -1.35. The van der Waals surface area contributed by atoms with E-state index in [-0.39, 0.29) is 42.2 Å². The van der Waals surface area contributed by atoms with Crippen molar-refractivity contribution in [3.63, 3.8) is 0 Å². The van der Waals surface area contributed by atoms with Crippen LogP contribution in [0.1, 0.15) is 137 Å². The standard InChI is InChI=1S/C61H79N3O8/c1-36(2)11-6-12-37(3)13-7-18-48-51(67)20-10-17-43-34-61(57(70)55(43)48)50-26-25-46(66)32-41-15-8-14-40(29-41)31-44(30-39-21-23-45(65)24-22-39)53(69)35-63-56-54-42(16-9-19-49(54)58(62)64-59(56)71)33-52(68)38(4)47(50)27-28-60(61,5)72/h7-9,11,13-16,18-19,21-24,29,43-44,46,50-51,53,55-58,63,65-67,69-70,72H,3,6,10,12,17,20,25-28,30-35,62H2,1-2,4-5H3,(H,64,71). The highest BCUT2D eigenvalue weighted by atomic mass is 16.3. The van der Waals surface area contributed by atoms with Crippen molar-refractivity contribution in [2.24, 2.45) is 34.8 Å². The van der Waals surface area contributed by atoms with Gasteiger partial charge in [-0.15, -0.1) is 0 Å². The molecule has 72 heavy (non-hydrogen) atoms. The maximum Gasteiger partial charge on any atom is 0.243 e. The molecule has 8 rings (SSSR count). The summed E-state index contributed by atoms with van der Waals surface area (Å²) in [6.45, 7) is 12.2. The van der Waals surface area contributed by atoms with E-state index >= 15 is 4.79 Å². The average Bonchev–Trinajstić information content (AvgIpc) is 3.52. The van der Waals surface area contributed by atoms with Gasteiger partial charge in [0.25, 0.3) is 0 Å². The van der Waals surface area contributed by atoms with Gasteiger partial charge in [0.05, 0.1) is 30.0 Å². The van der Waals surface area contributed by atoms with Crippen LogP contribution in [0.2, 0.25) is 0 Å². The third-order valence-corrected chi connectivity index (χ3v) is 17.3. The molecule has 11 heteroatoms. The molecular formula is C61H79N3O8. The Bertz CT molecular complexity index is 2590. The lowest BCUT2D eigenvalue weighted by atomic mass is 9.52. The third kappa shape index (κ3) is 11.4. The number of ketones is 1. The molecule has 2 bridgehead atoms. The van der Waals surface area contributed by atoms with E-state index in [1.807, 2.05) is 80.6 Å². The van der Waals surface area contributed by atoms with Crippen LogP contribution in [0.4, 0.5) is 0 Å². The zero-order valence-corrected chi connectivity index (χ0v) is 42.8. The maximum absolute atomic E-state index is 15.1. The molecule has 3 fully saturated rings. The summed E-state index contributed by atoms with van der Waals surface area (Å²) in [4.78, 5) is 29.0. The van der Waals surface area contributed by atoms with Crippen LogP contribution in [-0.2, 0) is 35.3 Å². The first kappa shape index (κ1) is 53.3. The Morgan fingerprint density at radius 2 is 1.68 bits per heavy atom. The highest BCUT2D eigenvalue weighted by Gasteiger charge is 2.67. The number of rotatable bonds is 7. The van der Waals surface area contributed by atoms with Crippen LogP contribution in [0.3, 0.4) is 0 Å². The second-order valence-electron chi connectivity index (χ2n) is 22.4. The first-order chi connectivity index (χ1) is 34.4. The summed E-state index contributed by atoms with van der Waals surface area (Å²) >= 11 is 0. The molecular weight excluding hydrogens is 903 g/mol. The predicted octanol–water partition coefficient (Wildman–Crippen LogP) is 8.17. The number of hydrogen-bond donors (Lipinski definition) is 9. The molecule has 10 N–H and O–H groups in total. The zero-order valence-electron chi connectivity index (χ0n) is 42.8. The number of carbonyl (C=O) groups excluding carboxylic acids is 2. The van der Waals surface area contributed by atoms with E-state index in [0.29, 0.717) is 80.1 Å². The Morgan fingerprint density at radius 3 is 2.43 bits per heavy atom. The Balaban J connectivity index is 1.20. The lowest BCUT2D eigenvalue weighted by molar-refractivity contribution is -0.169. The van der Waals surface area contributed by atoms with Crippen molar-refractivity contribution in [1.29, 1.82) is 0 Å². The molecule has 0 aromatic heterocycles. The number of phenols is 1. The number of β-amino-alcohol motifs (C(OH)–C–C–N with tert-alkyl or cyclic N) is 1. The van der Waals surface area contributed by atoms with Gasteiger partial charge in [-0.1, -0.05) is 109 Å². The number of aliphatic hydroxyl groups is 5. The van der Waals surface area contributed by atoms with Crippen LogP contribution >= 0.6 is 0 Å². The summed E-state index contributed by atoms with van der Waals surface area (Å²) in [7, 11) is 0. The molecule has 2 heterocycles. The quantitative estimate of drug-likeness (QED) is 0.0821. The second-order valence-corrected chi connectivity index (χ2v) is 22.4. The van der Waals surface area contributed by atoms with Crippen molar-refractivity contribution >= 4 is 11.7 Å². The monoisotopic (exact) mass is 982 g/mol.